The Morgan fingerprint density at radius 2 is 0.397 bits per heavy atom. The van der Waals surface area contributed by atoms with E-state index >= 15 is 0 Å². The molecule has 0 aliphatic heterocycles. The highest BCUT2D eigenvalue weighted by Crippen LogP contribution is 2.36. The van der Waals surface area contributed by atoms with Crippen molar-refractivity contribution < 1.29 is 0 Å². The molecule has 2 heteroatoms. The van der Waals surface area contributed by atoms with E-state index in [1.54, 1.807) is 0 Å². The molecule has 58 heavy (non-hydrogen) atoms. The van der Waals surface area contributed by atoms with E-state index in [0.29, 0.717) is 0 Å². The lowest BCUT2D eigenvalue weighted by Gasteiger charge is -2.25. The van der Waals surface area contributed by atoms with E-state index in [-0.39, 0.29) is 0 Å². The number of rotatable bonds is 11. The number of aryl methyl sites for hydroxylation is 4. The summed E-state index contributed by atoms with van der Waals surface area (Å²) in [5, 5.41) is 0. The Labute approximate surface area is 344 Å². The largest absolute Gasteiger partial charge is 0.311 e. The molecule has 0 saturated heterocycles. The Morgan fingerprint density at radius 1 is 0.224 bits per heavy atom. The van der Waals surface area contributed by atoms with Crippen LogP contribution < -0.4 is 9.80 Å². The Bertz CT molecular complexity index is 2330. The number of hydrogen-bond donors (Lipinski definition) is 0. The molecular formula is C56H48N2. The van der Waals surface area contributed by atoms with Gasteiger partial charge in [0.25, 0.3) is 0 Å². The summed E-state index contributed by atoms with van der Waals surface area (Å²) >= 11 is 0. The summed E-state index contributed by atoms with van der Waals surface area (Å²) in [4.78, 5) is 4.61. The molecule has 0 radical (unpaired) electrons. The van der Waals surface area contributed by atoms with Gasteiger partial charge in [0.1, 0.15) is 0 Å². The molecule has 0 bridgehead atoms. The van der Waals surface area contributed by atoms with Crippen LogP contribution in [0.15, 0.2) is 194 Å². The molecule has 0 unspecified atom stereocenters. The van der Waals surface area contributed by atoms with Crippen molar-refractivity contribution in [2.45, 2.75) is 27.7 Å². The molecule has 0 aromatic heterocycles. The third-order valence-corrected chi connectivity index (χ3v) is 10.6. The van der Waals surface area contributed by atoms with Crippen LogP contribution in [0.25, 0.3) is 35.4 Å². The van der Waals surface area contributed by atoms with E-state index in [0.717, 1.165) is 45.3 Å². The first-order chi connectivity index (χ1) is 28.3. The van der Waals surface area contributed by atoms with Crippen LogP contribution in [0, 0.1) is 27.7 Å². The number of hydrogen-bond acceptors (Lipinski definition) is 2. The maximum atomic E-state index is 2.31. The fraction of sp³-hybridized carbons (Fsp3) is 0.0714. The van der Waals surface area contributed by atoms with Gasteiger partial charge < -0.3 is 9.80 Å². The Balaban J connectivity index is 0.908. The van der Waals surface area contributed by atoms with Gasteiger partial charge in [-0.1, -0.05) is 168 Å². The second-order valence-electron chi connectivity index (χ2n) is 15.1. The minimum absolute atomic E-state index is 1.13. The van der Waals surface area contributed by atoms with Crippen LogP contribution in [0.2, 0.25) is 0 Å². The molecule has 8 aromatic rings. The van der Waals surface area contributed by atoms with Crippen LogP contribution in [0.3, 0.4) is 0 Å². The molecule has 0 aliphatic carbocycles. The topological polar surface area (TPSA) is 6.48 Å². The van der Waals surface area contributed by atoms with Gasteiger partial charge in [0.15, 0.2) is 0 Å². The lowest BCUT2D eigenvalue weighted by molar-refractivity contribution is 1.27. The maximum Gasteiger partial charge on any atom is 0.0462 e. The monoisotopic (exact) mass is 748 g/mol. The van der Waals surface area contributed by atoms with Gasteiger partial charge in [-0.25, -0.2) is 0 Å². The molecular weight excluding hydrogens is 701 g/mol. The molecule has 0 spiro atoms. The molecule has 8 aromatic carbocycles. The van der Waals surface area contributed by atoms with Crippen molar-refractivity contribution in [3.8, 4) is 11.1 Å². The summed E-state index contributed by atoms with van der Waals surface area (Å²) in [5.74, 6) is 0. The molecule has 0 fully saturated rings. The third kappa shape index (κ3) is 9.10. The summed E-state index contributed by atoms with van der Waals surface area (Å²) in [7, 11) is 0. The first-order valence-corrected chi connectivity index (χ1v) is 20.0. The summed E-state index contributed by atoms with van der Waals surface area (Å²) < 4.78 is 0. The van der Waals surface area contributed by atoms with Gasteiger partial charge in [0.05, 0.1) is 0 Å². The zero-order valence-corrected chi connectivity index (χ0v) is 33.7. The van der Waals surface area contributed by atoms with Gasteiger partial charge >= 0.3 is 0 Å². The predicted octanol–water partition coefficient (Wildman–Crippen LogP) is 15.9. The minimum Gasteiger partial charge on any atom is -0.311 e. The quantitative estimate of drug-likeness (QED) is 0.122. The molecule has 0 saturated carbocycles. The summed E-state index contributed by atoms with van der Waals surface area (Å²) in [6, 6.07) is 69.9. The van der Waals surface area contributed by atoms with Gasteiger partial charge in [-0.3, -0.25) is 0 Å². The SMILES string of the molecule is Cc1ccc(N(c2ccc(C)cc2)c2ccc(/C=C\c3ccc(-c4ccc(/C=C\c5ccc(N(c6ccc(C)cc6)c6ccc(C)cc6)cc5)cc4)cc3)cc2)cc1. The second-order valence-corrected chi connectivity index (χ2v) is 15.1. The van der Waals surface area contributed by atoms with Crippen molar-refractivity contribution in [3.63, 3.8) is 0 Å². The van der Waals surface area contributed by atoms with Crippen molar-refractivity contribution in [2.75, 3.05) is 9.80 Å². The van der Waals surface area contributed by atoms with Crippen LogP contribution >= 0.6 is 0 Å². The molecule has 8 rings (SSSR count). The molecule has 0 aliphatic rings. The van der Waals surface area contributed by atoms with Gasteiger partial charge in [0.2, 0.25) is 0 Å². The van der Waals surface area contributed by atoms with E-state index in [1.165, 1.54) is 44.5 Å². The van der Waals surface area contributed by atoms with Crippen LogP contribution in [-0.2, 0) is 0 Å². The van der Waals surface area contributed by atoms with Crippen LogP contribution in [0.5, 0.6) is 0 Å². The summed E-state index contributed by atoms with van der Waals surface area (Å²) in [5.41, 5.74) is 18.9. The molecule has 2 nitrogen and oxygen atoms in total. The minimum atomic E-state index is 1.13. The van der Waals surface area contributed by atoms with Crippen molar-refractivity contribution in [3.05, 3.63) is 239 Å². The fourth-order valence-electron chi connectivity index (χ4n) is 7.10. The molecule has 0 heterocycles. The highest BCUT2D eigenvalue weighted by Gasteiger charge is 2.13. The van der Waals surface area contributed by atoms with Crippen LogP contribution in [0.4, 0.5) is 34.1 Å². The third-order valence-electron chi connectivity index (χ3n) is 10.6. The second kappa shape index (κ2) is 17.3. The predicted molar refractivity (Wildman–Crippen MR) is 251 cm³/mol. The first-order valence-electron chi connectivity index (χ1n) is 20.0. The van der Waals surface area contributed by atoms with Gasteiger partial charge in [0, 0.05) is 34.1 Å². The highest BCUT2D eigenvalue weighted by atomic mass is 15.1. The Kier molecular flexibility index (Phi) is 11.3. The van der Waals surface area contributed by atoms with Crippen molar-refractivity contribution in [2.24, 2.45) is 0 Å². The Morgan fingerprint density at radius 3 is 0.603 bits per heavy atom. The average Bonchev–Trinajstić information content (AvgIpc) is 3.26. The fourth-order valence-corrected chi connectivity index (χ4v) is 7.10. The normalized spacial score (nSPS) is 11.3. The molecule has 0 amide bonds. The van der Waals surface area contributed by atoms with E-state index in [9.17, 15) is 0 Å². The van der Waals surface area contributed by atoms with Gasteiger partial charge in [-0.05, 0) is 134 Å². The van der Waals surface area contributed by atoms with Gasteiger partial charge in [-0.2, -0.15) is 0 Å². The average molecular weight is 749 g/mol. The number of benzene rings is 8. The van der Waals surface area contributed by atoms with Crippen molar-refractivity contribution in [1.82, 2.24) is 0 Å². The first kappa shape index (κ1) is 37.7. The van der Waals surface area contributed by atoms with Crippen LogP contribution in [-0.4, -0.2) is 0 Å². The van der Waals surface area contributed by atoms with Crippen molar-refractivity contribution in [1.29, 1.82) is 0 Å². The number of nitrogens with zero attached hydrogens (tertiary/aromatic N) is 2. The van der Waals surface area contributed by atoms with Crippen LogP contribution in [0.1, 0.15) is 44.5 Å². The molecule has 282 valence electrons. The zero-order valence-electron chi connectivity index (χ0n) is 33.7. The van der Waals surface area contributed by atoms with Gasteiger partial charge in [-0.15, -0.1) is 0 Å². The Hall–Kier alpha value is -7.16. The summed E-state index contributed by atoms with van der Waals surface area (Å²) in [6.07, 6.45) is 8.72. The zero-order chi connectivity index (χ0) is 39.8. The highest BCUT2D eigenvalue weighted by molar-refractivity contribution is 5.80. The van der Waals surface area contributed by atoms with E-state index in [2.05, 4.69) is 256 Å². The smallest absolute Gasteiger partial charge is 0.0462 e. The van der Waals surface area contributed by atoms with Crippen molar-refractivity contribution >= 4 is 58.4 Å². The lowest BCUT2D eigenvalue weighted by Crippen LogP contribution is -2.09. The molecule has 0 atom stereocenters. The lowest BCUT2D eigenvalue weighted by atomic mass is 10.0. The molecule has 0 N–H and O–H groups in total. The van der Waals surface area contributed by atoms with E-state index < -0.39 is 0 Å². The van der Waals surface area contributed by atoms with E-state index in [1.807, 2.05) is 0 Å². The van der Waals surface area contributed by atoms with E-state index in [4.69, 9.17) is 0 Å². The standard InChI is InChI=1S/C56H48N2/c1-41-5-29-51(30-6-41)57(52-31-7-42(2)8-32-52)55-37-21-47(22-38-55)15-13-45-17-25-49(26-18-45)50-27-19-46(20-28-50)14-16-48-23-39-56(40-24-48)58(53-33-9-43(3)10-34-53)54-35-11-44(4)12-36-54/h5-40H,1-4H3/b15-13-,16-14-. The summed E-state index contributed by atoms with van der Waals surface area (Å²) in [6.45, 7) is 8.50. The maximum absolute atomic E-state index is 2.31. The number of anilines is 6.